The second-order valence-electron chi connectivity index (χ2n) is 23.1. The molecule has 0 N–H and O–H groups in total. The highest BCUT2D eigenvalue weighted by molar-refractivity contribution is 5.71. The smallest absolute Gasteiger partial charge is 0.306 e. The van der Waals surface area contributed by atoms with Gasteiger partial charge in [0.25, 0.3) is 0 Å². The molecule has 0 aliphatic heterocycles. The van der Waals surface area contributed by atoms with Crippen molar-refractivity contribution in [1.29, 1.82) is 0 Å². The number of carbonyl (C=O) groups excluding carboxylic acids is 3. The molecule has 0 aromatic rings. The van der Waals surface area contributed by atoms with Crippen LogP contribution in [0.1, 0.15) is 367 Å². The first-order chi connectivity index (χ1) is 38.0. The largest absolute Gasteiger partial charge is 0.462 e. The van der Waals surface area contributed by atoms with Gasteiger partial charge in [-0.3, -0.25) is 14.4 Å². The zero-order valence-electron chi connectivity index (χ0n) is 51.7. The van der Waals surface area contributed by atoms with E-state index in [0.717, 1.165) is 89.9 Å². The third-order valence-corrected chi connectivity index (χ3v) is 15.3. The van der Waals surface area contributed by atoms with E-state index in [2.05, 4.69) is 69.4 Å². The molecule has 77 heavy (non-hydrogen) atoms. The molecule has 0 heterocycles. The fourth-order valence-electron chi connectivity index (χ4n) is 10.2. The molecule has 450 valence electrons. The molecule has 6 heteroatoms. The molecule has 0 aliphatic rings. The molecule has 1 unspecified atom stereocenters. The summed E-state index contributed by atoms with van der Waals surface area (Å²) in [6.07, 6.45) is 82.8. The van der Waals surface area contributed by atoms with Gasteiger partial charge in [-0.15, -0.1) is 0 Å². The molecule has 0 rings (SSSR count). The highest BCUT2D eigenvalue weighted by atomic mass is 16.6. The van der Waals surface area contributed by atoms with Crippen LogP contribution in [-0.2, 0) is 28.6 Å². The van der Waals surface area contributed by atoms with Crippen LogP contribution in [0.5, 0.6) is 0 Å². The van der Waals surface area contributed by atoms with E-state index in [-0.39, 0.29) is 31.1 Å². The Kier molecular flexibility index (Phi) is 63.6. The minimum Gasteiger partial charge on any atom is -0.462 e. The maximum absolute atomic E-state index is 12.9. The normalized spacial score (nSPS) is 12.3. The number of unbranched alkanes of at least 4 members (excludes halogenated alkanes) is 44. The molecule has 0 amide bonds. The molecule has 0 saturated carbocycles. The summed E-state index contributed by atoms with van der Waals surface area (Å²) in [6, 6.07) is 0. The second kappa shape index (κ2) is 65.9. The lowest BCUT2D eigenvalue weighted by atomic mass is 10.0. The number of hydrogen-bond acceptors (Lipinski definition) is 6. The number of rotatable bonds is 63. The number of hydrogen-bond donors (Lipinski definition) is 0. The molecule has 1 atom stereocenters. The number of esters is 3. The van der Waals surface area contributed by atoms with Crippen molar-refractivity contribution in [3.63, 3.8) is 0 Å². The molecule has 0 saturated heterocycles. The first-order valence-electron chi connectivity index (χ1n) is 34.1. The predicted molar refractivity (Wildman–Crippen MR) is 335 cm³/mol. The Morgan fingerprint density at radius 1 is 0.273 bits per heavy atom. The SMILES string of the molecule is CC/C=C\C/C=C\C/C=C\CCCCCCCCCC(=O)OC(COC(=O)CCCCCCC/C=C\CCCCCCCC)COC(=O)CCCCCCCCCCCCCCCCCCCCCCCCCCCCC. The topological polar surface area (TPSA) is 78.9 Å². The van der Waals surface area contributed by atoms with E-state index < -0.39 is 6.10 Å². The second-order valence-corrected chi connectivity index (χ2v) is 23.1. The maximum Gasteiger partial charge on any atom is 0.306 e. The van der Waals surface area contributed by atoms with Crippen molar-refractivity contribution in [3.8, 4) is 0 Å². The van der Waals surface area contributed by atoms with E-state index in [0.29, 0.717) is 19.3 Å². The van der Waals surface area contributed by atoms with Crippen LogP contribution in [0, 0.1) is 0 Å². The van der Waals surface area contributed by atoms with Gasteiger partial charge in [0, 0.05) is 19.3 Å². The number of allylic oxidation sites excluding steroid dienone is 8. The third-order valence-electron chi connectivity index (χ3n) is 15.3. The molecular formula is C71H130O6. The standard InChI is InChI=1S/C71H130O6/c1-4-7-10-13-16-19-22-25-28-30-31-32-33-34-35-36-37-38-39-41-43-46-49-52-55-58-61-64-70(73)76-67-68(66-75-69(72)63-60-57-54-51-48-45-42-27-24-21-18-15-12-9-6-3)77-71(74)65-62-59-56-53-50-47-44-40-29-26-23-20-17-14-11-8-5-2/h8,11,17,20,26-27,29,42,68H,4-7,9-10,12-16,18-19,21-25,28,30-41,43-67H2,1-3H3/b11-8-,20-17-,29-26-,42-27-. The van der Waals surface area contributed by atoms with Crippen LogP contribution in [0.3, 0.4) is 0 Å². The summed E-state index contributed by atoms with van der Waals surface area (Å²) in [5, 5.41) is 0. The van der Waals surface area contributed by atoms with Crippen molar-refractivity contribution >= 4 is 17.9 Å². The minimum atomic E-state index is -0.781. The van der Waals surface area contributed by atoms with E-state index in [9.17, 15) is 14.4 Å². The van der Waals surface area contributed by atoms with Gasteiger partial charge in [0.05, 0.1) is 0 Å². The molecule has 0 aromatic heterocycles. The van der Waals surface area contributed by atoms with E-state index in [1.807, 2.05) is 0 Å². The van der Waals surface area contributed by atoms with Crippen LogP contribution in [-0.4, -0.2) is 37.2 Å². The predicted octanol–water partition coefficient (Wildman–Crippen LogP) is 23.3. The van der Waals surface area contributed by atoms with Crippen LogP contribution in [0.15, 0.2) is 48.6 Å². The van der Waals surface area contributed by atoms with Crippen LogP contribution in [0.25, 0.3) is 0 Å². The molecule has 0 aromatic carbocycles. The van der Waals surface area contributed by atoms with E-state index in [1.54, 1.807) is 0 Å². The van der Waals surface area contributed by atoms with Crippen molar-refractivity contribution in [2.45, 2.75) is 374 Å². The quantitative estimate of drug-likeness (QED) is 0.0261. The van der Waals surface area contributed by atoms with E-state index in [4.69, 9.17) is 14.2 Å². The summed E-state index contributed by atoms with van der Waals surface area (Å²) in [6.45, 7) is 6.57. The van der Waals surface area contributed by atoms with Gasteiger partial charge >= 0.3 is 17.9 Å². The lowest BCUT2D eigenvalue weighted by Gasteiger charge is -2.18. The Morgan fingerprint density at radius 2 is 0.506 bits per heavy atom. The zero-order valence-corrected chi connectivity index (χ0v) is 51.7. The summed E-state index contributed by atoms with van der Waals surface area (Å²) in [4.78, 5) is 38.4. The van der Waals surface area contributed by atoms with Crippen LogP contribution in [0.2, 0.25) is 0 Å². The molecule has 6 nitrogen and oxygen atoms in total. The highest BCUT2D eigenvalue weighted by Gasteiger charge is 2.19. The molecule has 0 fully saturated rings. The first-order valence-corrected chi connectivity index (χ1v) is 34.1. The van der Waals surface area contributed by atoms with Gasteiger partial charge in [0.15, 0.2) is 6.10 Å². The zero-order chi connectivity index (χ0) is 55.7. The molecule has 0 spiro atoms. The van der Waals surface area contributed by atoms with Crippen molar-refractivity contribution in [3.05, 3.63) is 48.6 Å². The minimum absolute atomic E-state index is 0.0761. The van der Waals surface area contributed by atoms with E-state index in [1.165, 1.54) is 238 Å². The number of carbonyl (C=O) groups is 3. The van der Waals surface area contributed by atoms with Gasteiger partial charge < -0.3 is 14.2 Å². The lowest BCUT2D eigenvalue weighted by Crippen LogP contribution is -2.30. The Morgan fingerprint density at radius 3 is 0.805 bits per heavy atom. The van der Waals surface area contributed by atoms with Crippen LogP contribution in [0.4, 0.5) is 0 Å². The van der Waals surface area contributed by atoms with Crippen LogP contribution < -0.4 is 0 Å². The molecular weight excluding hydrogens is 949 g/mol. The highest BCUT2D eigenvalue weighted by Crippen LogP contribution is 2.18. The van der Waals surface area contributed by atoms with Crippen molar-refractivity contribution in [2.75, 3.05) is 13.2 Å². The van der Waals surface area contributed by atoms with E-state index >= 15 is 0 Å². The maximum atomic E-state index is 12.9. The van der Waals surface area contributed by atoms with Gasteiger partial charge in [-0.05, 0) is 77.0 Å². The van der Waals surface area contributed by atoms with Crippen molar-refractivity contribution < 1.29 is 28.6 Å². The van der Waals surface area contributed by atoms with Gasteiger partial charge in [-0.25, -0.2) is 0 Å². The van der Waals surface area contributed by atoms with Gasteiger partial charge in [-0.2, -0.15) is 0 Å². The summed E-state index contributed by atoms with van der Waals surface area (Å²) in [5.41, 5.74) is 0. The third kappa shape index (κ3) is 64.1. The van der Waals surface area contributed by atoms with Crippen molar-refractivity contribution in [1.82, 2.24) is 0 Å². The Balaban J connectivity index is 4.24. The summed E-state index contributed by atoms with van der Waals surface area (Å²) < 4.78 is 17.0. The summed E-state index contributed by atoms with van der Waals surface area (Å²) in [5.74, 6) is -0.872. The van der Waals surface area contributed by atoms with Gasteiger partial charge in [-0.1, -0.05) is 320 Å². The summed E-state index contributed by atoms with van der Waals surface area (Å²) in [7, 11) is 0. The average Bonchev–Trinajstić information content (AvgIpc) is 3.43. The Bertz CT molecular complexity index is 1330. The Hall–Kier alpha value is -2.63. The lowest BCUT2D eigenvalue weighted by molar-refractivity contribution is -0.167. The Labute approximate surface area is 479 Å². The van der Waals surface area contributed by atoms with Gasteiger partial charge in [0.2, 0.25) is 0 Å². The van der Waals surface area contributed by atoms with Gasteiger partial charge in [0.1, 0.15) is 13.2 Å². The number of ether oxygens (including phenoxy) is 3. The molecule has 0 bridgehead atoms. The molecule has 0 radical (unpaired) electrons. The average molecular weight is 1080 g/mol. The monoisotopic (exact) mass is 1080 g/mol. The fourth-order valence-corrected chi connectivity index (χ4v) is 10.2. The molecule has 0 aliphatic carbocycles. The van der Waals surface area contributed by atoms with Crippen LogP contribution >= 0.6 is 0 Å². The fraction of sp³-hybridized carbons (Fsp3) is 0.845. The summed E-state index contributed by atoms with van der Waals surface area (Å²) >= 11 is 0. The van der Waals surface area contributed by atoms with Crippen molar-refractivity contribution in [2.24, 2.45) is 0 Å². The first kappa shape index (κ1) is 74.4.